The third-order valence-electron chi connectivity index (χ3n) is 7.42. The van der Waals surface area contributed by atoms with E-state index in [9.17, 15) is 14.4 Å². The Balaban J connectivity index is 1.51. The maximum Gasteiger partial charge on any atom is 0.408 e. The summed E-state index contributed by atoms with van der Waals surface area (Å²) in [6.07, 6.45) is 3.18. The van der Waals surface area contributed by atoms with E-state index < -0.39 is 23.2 Å². The molecule has 1 aliphatic carbocycles. The zero-order chi connectivity index (χ0) is 27.2. The third-order valence-corrected chi connectivity index (χ3v) is 7.42. The number of amides is 1. The topological polar surface area (TPSA) is 109 Å². The van der Waals surface area contributed by atoms with Crippen LogP contribution in [0, 0.1) is 5.92 Å². The summed E-state index contributed by atoms with van der Waals surface area (Å²) in [6, 6.07) is 18.8. The van der Waals surface area contributed by atoms with E-state index in [1.807, 2.05) is 60.7 Å². The van der Waals surface area contributed by atoms with Crippen LogP contribution >= 0.6 is 0 Å². The second-order valence-corrected chi connectivity index (χ2v) is 10.1. The zero-order valence-electron chi connectivity index (χ0n) is 22.1. The summed E-state index contributed by atoms with van der Waals surface area (Å²) in [5.41, 5.74) is 0.136. The summed E-state index contributed by atoms with van der Waals surface area (Å²) in [6.45, 7) is 2.44. The number of esters is 1. The summed E-state index contributed by atoms with van der Waals surface area (Å²) in [7, 11) is 0. The Kier molecular flexibility index (Phi) is 7.95. The molecular weight excluding hydrogens is 498 g/mol. The number of carbonyl (C=O) groups excluding carboxylic acids is 2. The van der Waals surface area contributed by atoms with Gasteiger partial charge in [-0.25, -0.2) is 14.6 Å². The van der Waals surface area contributed by atoms with Gasteiger partial charge in [0.15, 0.2) is 5.69 Å². The van der Waals surface area contributed by atoms with Crippen LogP contribution in [-0.4, -0.2) is 28.2 Å². The van der Waals surface area contributed by atoms with E-state index in [-0.39, 0.29) is 37.2 Å². The first kappa shape index (κ1) is 26.5. The first-order chi connectivity index (χ1) is 19.0. The number of aromatic nitrogens is 2. The van der Waals surface area contributed by atoms with Crippen molar-refractivity contribution in [3.8, 4) is 5.75 Å². The molecule has 5 rings (SSSR count). The number of hydrogen-bond acceptors (Lipinski definition) is 7. The number of carbonyl (C=O) groups is 2. The van der Waals surface area contributed by atoms with E-state index in [1.54, 1.807) is 11.5 Å². The van der Waals surface area contributed by atoms with Gasteiger partial charge in [-0.3, -0.25) is 9.36 Å². The van der Waals surface area contributed by atoms with Crippen molar-refractivity contribution in [2.45, 2.75) is 64.3 Å². The first-order valence-corrected chi connectivity index (χ1v) is 13.5. The maximum atomic E-state index is 13.9. The molecule has 2 heterocycles. The van der Waals surface area contributed by atoms with Gasteiger partial charge in [0, 0.05) is 6.54 Å². The number of fused-ring (bicyclic) bond motifs is 4. The molecule has 1 saturated carbocycles. The molecule has 2 aromatic carbocycles. The highest BCUT2D eigenvalue weighted by Gasteiger charge is 2.46. The fraction of sp³-hybridized carbons (Fsp3) is 0.400. The molecule has 0 spiro atoms. The van der Waals surface area contributed by atoms with E-state index >= 15 is 0 Å². The van der Waals surface area contributed by atoms with Crippen molar-refractivity contribution in [1.82, 2.24) is 14.9 Å². The quantitative estimate of drug-likeness (QED) is 0.419. The van der Waals surface area contributed by atoms with Crippen LogP contribution in [-0.2, 0) is 34.8 Å². The van der Waals surface area contributed by atoms with E-state index in [0.717, 1.165) is 30.4 Å². The minimum Gasteiger partial charge on any atom is -0.481 e. The SMILES string of the molecule is CCOC(=O)c1nc2n(c(=O)c1OCc1ccccc1)CCC1CCCC2(NC(=O)OCc2ccccc2)C1. The lowest BCUT2D eigenvalue weighted by Gasteiger charge is -2.39. The molecule has 9 heteroatoms. The average molecular weight is 532 g/mol. The van der Waals surface area contributed by atoms with Gasteiger partial charge in [0.05, 0.1) is 6.61 Å². The van der Waals surface area contributed by atoms with Crippen LogP contribution in [0.25, 0.3) is 0 Å². The van der Waals surface area contributed by atoms with Crippen molar-refractivity contribution < 1.29 is 23.8 Å². The van der Waals surface area contributed by atoms with Crippen LogP contribution in [0.1, 0.15) is 66.5 Å². The first-order valence-electron chi connectivity index (χ1n) is 13.5. The average Bonchev–Trinajstić information content (AvgIpc) is 3.05. The van der Waals surface area contributed by atoms with Gasteiger partial charge in [-0.15, -0.1) is 0 Å². The van der Waals surface area contributed by atoms with E-state index in [0.29, 0.717) is 25.2 Å². The van der Waals surface area contributed by atoms with Crippen LogP contribution in [0.4, 0.5) is 4.79 Å². The van der Waals surface area contributed by atoms with Crippen molar-refractivity contribution in [2.24, 2.45) is 5.92 Å². The molecule has 2 unspecified atom stereocenters. The largest absolute Gasteiger partial charge is 0.481 e. The van der Waals surface area contributed by atoms with Crippen LogP contribution in [0.2, 0.25) is 0 Å². The highest BCUT2D eigenvalue weighted by atomic mass is 16.5. The summed E-state index contributed by atoms with van der Waals surface area (Å²) in [4.78, 5) is 44.7. The molecule has 204 valence electrons. The molecule has 1 aliphatic heterocycles. The predicted molar refractivity (Wildman–Crippen MR) is 143 cm³/mol. The highest BCUT2D eigenvalue weighted by molar-refractivity contribution is 5.90. The molecule has 3 aromatic rings. The highest BCUT2D eigenvalue weighted by Crippen LogP contribution is 2.43. The minimum atomic E-state index is -0.953. The Labute approximate surface area is 227 Å². The molecule has 2 aliphatic rings. The number of alkyl carbamates (subject to hydrolysis) is 1. The minimum absolute atomic E-state index is 0.0986. The molecule has 0 radical (unpaired) electrons. The number of hydrogen-bond donors (Lipinski definition) is 1. The van der Waals surface area contributed by atoms with E-state index in [2.05, 4.69) is 5.32 Å². The van der Waals surface area contributed by atoms with Gasteiger partial charge in [-0.2, -0.15) is 0 Å². The van der Waals surface area contributed by atoms with Crippen molar-refractivity contribution in [1.29, 1.82) is 0 Å². The fourth-order valence-electron chi connectivity index (χ4n) is 5.58. The molecule has 2 atom stereocenters. The maximum absolute atomic E-state index is 13.9. The van der Waals surface area contributed by atoms with Crippen LogP contribution in [0.5, 0.6) is 5.75 Å². The molecule has 1 amide bonds. The molecule has 9 nitrogen and oxygen atoms in total. The molecule has 39 heavy (non-hydrogen) atoms. The number of nitrogens with one attached hydrogen (secondary N) is 1. The van der Waals surface area contributed by atoms with Crippen molar-refractivity contribution in [2.75, 3.05) is 6.61 Å². The van der Waals surface area contributed by atoms with Crippen molar-refractivity contribution >= 4 is 12.1 Å². The molecule has 1 aromatic heterocycles. The summed E-state index contributed by atoms with van der Waals surface area (Å²) in [5.74, 6) is -0.241. The van der Waals surface area contributed by atoms with Crippen molar-refractivity contribution in [3.63, 3.8) is 0 Å². The Morgan fingerprint density at radius 1 is 1.00 bits per heavy atom. The molecule has 0 saturated heterocycles. The van der Waals surface area contributed by atoms with Gasteiger partial charge >= 0.3 is 12.1 Å². The normalized spacial score (nSPS) is 19.8. The predicted octanol–water partition coefficient (Wildman–Crippen LogP) is 4.71. The van der Waals surface area contributed by atoms with E-state index in [1.165, 1.54) is 0 Å². The molecule has 2 bridgehead atoms. The lowest BCUT2D eigenvalue weighted by Crippen LogP contribution is -2.51. The van der Waals surface area contributed by atoms with Crippen molar-refractivity contribution in [3.05, 3.63) is 93.7 Å². The van der Waals surface area contributed by atoms with Crippen LogP contribution < -0.4 is 15.6 Å². The number of benzene rings is 2. The van der Waals surface area contributed by atoms with Gasteiger partial charge in [-0.1, -0.05) is 73.5 Å². The van der Waals surface area contributed by atoms with Crippen LogP contribution in [0.3, 0.4) is 0 Å². The standard InChI is InChI=1S/C30H33N3O6/c1-2-37-27(35)24-25(38-19-22-10-5-3-6-11-22)26(34)33-17-15-21-14-9-16-30(18-21,28(33)31-24)32-29(36)39-20-23-12-7-4-8-13-23/h3-8,10-13,21H,2,9,14-20H2,1H3,(H,32,36). The number of rotatable bonds is 8. The zero-order valence-corrected chi connectivity index (χ0v) is 22.1. The van der Waals surface area contributed by atoms with E-state index in [4.69, 9.17) is 19.2 Å². The number of ether oxygens (including phenoxy) is 3. The lowest BCUT2D eigenvalue weighted by molar-refractivity contribution is 0.0510. The summed E-state index contributed by atoms with van der Waals surface area (Å²) < 4.78 is 18.3. The van der Waals surface area contributed by atoms with Gasteiger partial charge in [0.2, 0.25) is 5.75 Å². The lowest BCUT2D eigenvalue weighted by atomic mass is 9.75. The second kappa shape index (κ2) is 11.7. The van der Waals surface area contributed by atoms with Gasteiger partial charge in [-0.05, 0) is 43.2 Å². The number of nitrogens with zero attached hydrogens (tertiary/aromatic N) is 2. The van der Waals surface area contributed by atoms with Crippen LogP contribution in [0.15, 0.2) is 65.5 Å². The van der Waals surface area contributed by atoms with Gasteiger partial charge < -0.3 is 19.5 Å². The third kappa shape index (κ3) is 5.82. The molecule has 1 N–H and O–H groups in total. The smallest absolute Gasteiger partial charge is 0.408 e. The van der Waals surface area contributed by atoms with Gasteiger partial charge in [0.1, 0.15) is 24.6 Å². The monoisotopic (exact) mass is 531 g/mol. The second-order valence-electron chi connectivity index (χ2n) is 10.1. The fourth-order valence-corrected chi connectivity index (χ4v) is 5.58. The van der Waals surface area contributed by atoms with Gasteiger partial charge in [0.25, 0.3) is 5.56 Å². The Morgan fingerprint density at radius 3 is 2.38 bits per heavy atom. The summed E-state index contributed by atoms with van der Waals surface area (Å²) in [5, 5.41) is 3.06. The Bertz CT molecular complexity index is 1370. The Hall–Kier alpha value is -4.14. The Morgan fingerprint density at radius 2 is 1.69 bits per heavy atom. The molecular formula is C30H33N3O6. The summed E-state index contributed by atoms with van der Waals surface area (Å²) >= 11 is 0. The molecule has 1 fully saturated rings.